The van der Waals surface area contributed by atoms with Crippen molar-refractivity contribution in [3.63, 3.8) is 0 Å². The molecule has 8 nitrogen and oxygen atoms in total. The first-order valence-corrected chi connectivity index (χ1v) is 11.1. The number of aryl methyl sites for hydroxylation is 1. The molecule has 5 rings (SSSR count). The van der Waals surface area contributed by atoms with E-state index in [2.05, 4.69) is 45.0 Å². The fourth-order valence-corrected chi connectivity index (χ4v) is 3.74. The van der Waals surface area contributed by atoms with Gasteiger partial charge in [0.1, 0.15) is 5.82 Å². The molecule has 8 heteroatoms. The van der Waals surface area contributed by atoms with Gasteiger partial charge in [-0.25, -0.2) is 4.68 Å². The summed E-state index contributed by atoms with van der Waals surface area (Å²) in [5.41, 5.74) is 4.13. The zero-order chi connectivity index (χ0) is 22.5. The average Bonchev–Trinajstić information content (AvgIpc) is 3.36. The van der Waals surface area contributed by atoms with Crippen LogP contribution < -0.4 is 9.64 Å². The molecule has 0 saturated carbocycles. The second-order valence-electron chi connectivity index (χ2n) is 7.90. The Bertz CT molecular complexity index is 1200. The Balaban J connectivity index is 1.41. The van der Waals surface area contributed by atoms with Crippen LogP contribution in [0.3, 0.4) is 0 Å². The lowest BCUT2D eigenvalue weighted by Crippen LogP contribution is -2.37. The molecule has 0 aliphatic carbocycles. The first-order chi connectivity index (χ1) is 16.2. The minimum absolute atomic E-state index is 0.331. The lowest BCUT2D eigenvalue weighted by atomic mass is 10.1. The number of benzene rings is 1. The van der Waals surface area contributed by atoms with Crippen molar-refractivity contribution in [2.45, 2.75) is 13.3 Å². The summed E-state index contributed by atoms with van der Waals surface area (Å²) < 4.78 is 13.2. The standard InChI is InChI=1S/C25H26N6O2/c1-19-5-4-6-20(17-19)22-8-11-31(29-22)24-18-23(30-12-15-32-16-13-30)27-25(28-24)33-14-9-21-7-2-3-10-26-21/h2-8,10-11,17-18H,9,12-16H2,1H3. The van der Waals surface area contributed by atoms with Crippen LogP contribution >= 0.6 is 0 Å². The highest BCUT2D eigenvalue weighted by Crippen LogP contribution is 2.23. The monoisotopic (exact) mass is 442 g/mol. The SMILES string of the molecule is Cc1cccc(-c2ccn(-c3cc(N4CCOCC4)nc(OCCc4ccccn4)n3)n2)c1. The van der Waals surface area contributed by atoms with E-state index in [9.17, 15) is 0 Å². The van der Waals surface area contributed by atoms with E-state index in [-0.39, 0.29) is 0 Å². The van der Waals surface area contributed by atoms with Crippen molar-refractivity contribution in [3.8, 4) is 23.1 Å². The Labute approximate surface area is 192 Å². The van der Waals surface area contributed by atoms with Crippen molar-refractivity contribution in [3.05, 3.63) is 78.2 Å². The van der Waals surface area contributed by atoms with Gasteiger partial charge in [0.05, 0.1) is 25.5 Å². The van der Waals surface area contributed by atoms with Crippen molar-refractivity contribution in [2.75, 3.05) is 37.8 Å². The van der Waals surface area contributed by atoms with Crippen LogP contribution in [-0.4, -0.2) is 57.6 Å². The number of nitrogens with zero attached hydrogens (tertiary/aromatic N) is 6. The van der Waals surface area contributed by atoms with E-state index in [1.165, 1.54) is 5.56 Å². The molecular formula is C25H26N6O2. The highest BCUT2D eigenvalue weighted by atomic mass is 16.5. The zero-order valence-electron chi connectivity index (χ0n) is 18.6. The van der Waals surface area contributed by atoms with Crippen LogP contribution in [0.5, 0.6) is 6.01 Å². The lowest BCUT2D eigenvalue weighted by molar-refractivity contribution is 0.122. The van der Waals surface area contributed by atoms with Crippen LogP contribution in [0.2, 0.25) is 0 Å². The summed E-state index contributed by atoms with van der Waals surface area (Å²) >= 11 is 0. The molecular weight excluding hydrogens is 416 g/mol. The molecule has 4 aromatic rings. The van der Waals surface area contributed by atoms with E-state index in [1.807, 2.05) is 42.6 Å². The highest BCUT2D eigenvalue weighted by molar-refractivity contribution is 5.60. The van der Waals surface area contributed by atoms with Crippen molar-refractivity contribution in [1.82, 2.24) is 24.7 Å². The fraction of sp³-hybridized carbons (Fsp3) is 0.280. The third-order valence-electron chi connectivity index (χ3n) is 5.47. The second kappa shape index (κ2) is 9.79. The summed E-state index contributed by atoms with van der Waals surface area (Å²) in [5, 5.41) is 4.76. The van der Waals surface area contributed by atoms with E-state index in [0.717, 1.165) is 35.9 Å². The average molecular weight is 443 g/mol. The summed E-state index contributed by atoms with van der Waals surface area (Å²) in [6.45, 7) is 5.42. The van der Waals surface area contributed by atoms with Gasteiger partial charge in [0, 0.05) is 49.2 Å². The number of pyridine rings is 1. The van der Waals surface area contributed by atoms with Crippen LogP contribution in [-0.2, 0) is 11.2 Å². The number of aromatic nitrogens is 5. The third kappa shape index (κ3) is 5.18. The molecule has 0 radical (unpaired) electrons. The largest absolute Gasteiger partial charge is 0.463 e. The van der Waals surface area contributed by atoms with Gasteiger partial charge in [0.2, 0.25) is 0 Å². The summed E-state index contributed by atoms with van der Waals surface area (Å²) in [7, 11) is 0. The lowest BCUT2D eigenvalue weighted by Gasteiger charge is -2.28. The second-order valence-corrected chi connectivity index (χ2v) is 7.90. The van der Waals surface area contributed by atoms with E-state index >= 15 is 0 Å². The third-order valence-corrected chi connectivity index (χ3v) is 5.47. The van der Waals surface area contributed by atoms with Gasteiger partial charge in [0.25, 0.3) is 0 Å². The van der Waals surface area contributed by atoms with Gasteiger partial charge in [-0.3, -0.25) is 4.98 Å². The molecule has 33 heavy (non-hydrogen) atoms. The van der Waals surface area contributed by atoms with Crippen molar-refractivity contribution in [1.29, 1.82) is 0 Å². The van der Waals surface area contributed by atoms with E-state index in [1.54, 1.807) is 10.9 Å². The molecule has 0 spiro atoms. The summed E-state index contributed by atoms with van der Waals surface area (Å²) in [4.78, 5) is 15.8. The van der Waals surface area contributed by atoms with Gasteiger partial charge in [0.15, 0.2) is 5.82 Å². The molecule has 4 heterocycles. The van der Waals surface area contributed by atoms with Crippen molar-refractivity contribution in [2.24, 2.45) is 0 Å². The summed E-state index contributed by atoms with van der Waals surface area (Å²) in [6, 6.07) is 18.4. The van der Waals surface area contributed by atoms with Gasteiger partial charge in [-0.2, -0.15) is 15.1 Å². The first-order valence-electron chi connectivity index (χ1n) is 11.1. The molecule has 1 aliphatic rings. The smallest absolute Gasteiger partial charge is 0.320 e. The van der Waals surface area contributed by atoms with E-state index in [4.69, 9.17) is 14.6 Å². The van der Waals surface area contributed by atoms with Crippen LogP contribution in [0.15, 0.2) is 67.0 Å². The number of morpholine rings is 1. The topological polar surface area (TPSA) is 78.2 Å². The molecule has 0 unspecified atom stereocenters. The van der Waals surface area contributed by atoms with E-state index < -0.39 is 0 Å². The number of ether oxygens (including phenoxy) is 2. The maximum atomic E-state index is 5.95. The maximum Gasteiger partial charge on any atom is 0.320 e. The molecule has 1 saturated heterocycles. The summed E-state index contributed by atoms with van der Waals surface area (Å²) in [6.07, 6.45) is 4.38. The van der Waals surface area contributed by atoms with Crippen LogP contribution in [0.25, 0.3) is 17.1 Å². The van der Waals surface area contributed by atoms with Crippen molar-refractivity contribution >= 4 is 5.82 Å². The minimum atomic E-state index is 0.331. The zero-order valence-corrected chi connectivity index (χ0v) is 18.6. The molecule has 168 valence electrons. The quantitative estimate of drug-likeness (QED) is 0.434. The van der Waals surface area contributed by atoms with Crippen LogP contribution in [0, 0.1) is 6.92 Å². The van der Waals surface area contributed by atoms with Crippen molar-refractivity contribution < 1.29 is 9.47 Å². The van der Waals surface area contributed by atoms with E-state index in [0.29, 0.717) is 38.1 Å². The summed E-state index contributed by atoms with van der Waals surface area (Å²) in [5.74, 6) is 1.47. The molecule has 3 aromatic heterocycles. The highest BCUT2D eigenvalue weighted by Gasteiger charge is 2.17. The predicted molar refractivity (Wildman–Crippen MR) is 126 cm³/mol. The normalized spacial score (nSPS) is 13.8. The molecule has 0 amide bonds. The fourth-order valence-electron chi connectivity index (χ4n) is 3.74. The van der Waals surface area contributed by atoms with Crippen LogP contribution in [0.1, 0.15) is 11.3 Å². The van der Waals surface area contributed by atoms with Crippen LogP contribution in [0.4, 0.5) is 5.82 Å². The Morgan fingerprint density at radius 1 is 0.970 bits per heavy atom. The maximum absolute atomic E-state index is 5.95. The predicted octanol–water partition coefficient (Wildman–Crippen LogP) is 3.49. The Hall–Kier alpha value is -3.78. The molecule has 1 aromatic carbocycles. The minimum Gasteiger partial charge on any atom is -0.463 e. The van der Waals surface area contributed by atoms with Gasteiger partial charge in [-0.15, -0.1) is 0 Å². The Morgan fingerprint density at radius 3 is 2.67 bits per heavy atom. The van der Waals surface area contributed by atoms with Gasteiger partial charge < -0.3 is 14.4 Å². The first kappa shape index (κ1) is 21.1. The molecule has 1 fully saturated rings. The van der Waals surface area contributed by atoms with Gasteiger partial charge >= 0.3 is 6.01 Å². The molecule has 0 bridgehead atoms. The Morgan fingerprint density at radius 2 is 1.85 bits per heavy atom. The number of hydrogen-bond donors (Lipinski definition) is 0. The number of anilines is 1. The molecule has 0 atom stereocenters. The van der Waals surface area contributed by atoms with Gasteiger partial charge in [-0.05, 0) is 31.2 Å². The molecule has 0 N–H and O–H groups in total. The van der Waals surface area contributed by atoms with Gasteiger partial charge in [-0.1, -0.05) is 29.8 Å². The number of hydrogen-bond acceptors (Lipinski definition) is 7. The number of rotatable bonds is 7. The molecule has 1 aliphatic heterocycles. The Kier molecular flexibility index (Phi) is 6.25.